The van der Waals surface area contributed by atoms with Gasteiger partial charge in [-0.15, -0.1) is 0 Å². The molecule has 2 saturated heterocycles. The van der Waals surface area contributed by atoms with E-state index in [0.717, 1.165) is 51.9 Å². The molecule has 0 spiro atoms. The number of piperazine rings is 1. The van der Waals surface area contributed by atoms with E-state index < -0.39 is 9.84 Å². The zero-order valence-corrected chi connectivity index (χ0v) is 18.3. The van der Waals surface area contributed by atoms with Gasteiger partial charge in [-0.3, -0.25) is 4.79 Å². The molecule has 1 aromatic carbocycles. The highest BCUT2D eigenvalue weighted by Gasteiger charge is 2.40. The number of nitrogens with one attached hydrogen (secondary N) is 1. The molecule has 4 rings (SSSR count). The van der Waals surface area contributed by atoms with E-state index in [0.29, 0.717) is 13.0 Å². The van der Waals surface area contributed by atoms with Crippen LogP contribution in [-0.2, 0) is 14.6 Å². The number of rotatable bonds is 5. The maximum Gasteiger partial charge on any atom is 0.278 e. The molecule has 1 aromatic rings. The van der Waals surface area contributed by atoms with Gasteiger partial charge in [0, 0.05) is 17.8 Å². The van der Waals surface area contributed by atoms with E-state index in [9.17, 15) is 13.2 Å². The van der Waals surface area contributed by atoms with E-state index in [1.165, 1.54) is 16.2 Å². The third-order valence-electron chi connectivity index (χ3n) is 6.94. The Kier molecular flexibility index (Phi) is 6.16. The predicted octanol–water partition coefficient (Wildman–Crippen LogP) is 0.658. The molecule has 2 heterocycles. The zero-order valence-electron chi connectivity index (χ0n) is 17.5. The van der Waals surface area contributed by atoms with Gasteiger partial charge in [0.15, 0.2) is 16.4 Å². The quantitative estimate of drug-likeness (QED) is 0.760. The van der Waals surface area contributed by atoms with Crippen LogP contribution in [0.4, 0.5) is 5.69 Å². The molecule has 2 aliphatic heterocycles. The average molecular weight is 421 g/mol. The van der Waals surface area contributed by atoms with Crippen LogP contribution in [0.2, 0.25) is 0 Å². The largest absolute Gasteiger partial charge is 0.360 e. The minimum atomic E-state index is -2.99. The van der Waals surface area contributed by atoms with Gasteiger partial charge < -0.3 is 14.7 Å². The second-order valence-corrected chi connectivity index (χ2v) is 11.2. The van der Waals surface area contributed by atoms with Gasteiger partial charge >= 0.3 is 0 Å². The van der Waals surface area contributed by atoms with Crippen LogP contribution in [0.25, 0.3) is 0 Å². The highest BCUT2D eigenvalue weighted by Crippen LogP contribution is 2.29. The summed E-state index contributed by atoms with van der Waals surface area (Å²) in [5, 5.41) is 0. The van der Waals surface area contributed by atoms with Gasteiger partial charge in [-0.25, -0.2) is 8.42 Å². The van der Waals surface area contributed by atoms with E-state index in [1.807, 2.05) is 4.90 Å². The van der Waals surface area contributed by atoms with Crippen molar-refractivity contribution >= 4 is 21.4 Å². The van der Waals surface area contributed by atoms with Crippen molar-refractivity contribution in [1.29, 1.82) is 0 Å². The lowest BCUT2D eigenvalue weighted by atomic mass is 10.1. The minimum Gasteiger partial charge on any atom is -0.360 e. The summed E-state index contributed by atoms with van der Waals surface area (Å²) in [5.41, 5.74) is 2.59. The van der Waals surface area contributed by atoms with Gasteiger partial charge in [0.2, 0.25) is 0 Å². The molecule has 0 aromatic heterocycles. The van der Waals surface area contributed by atoms with Gasteiger partial charge in [-0.05, 0) is 37.8 Å². The lowest BCUT2D eigenvalue weighted by Crippen LogP contribution is -3.16. The normalized spacial score (nSPS) is 25.4. The summed E-state index contributed by atoms with van der Waals surface area (Å²) in [4.78, 5) is 19.0. The first kappa shape index (κ1) is 20.7. The van der Waals surface area contributed by atoms with Crippen LogP contribution in [0.3, 0.4) is 0 Å². The fraction of sp³-hybridized carbons (Fsp3) is 0.682. The Labute approximate surface area is 174 Å². The standard InChI is InChI=1S/C22H33N3O3S/c1-18-6-2-5-9-21(18)24-13-11-23(12-14-24)16-22(26)25(19-7-3-4-8-19)20-10-15-29(27,28)17-20/h2,5-6,9,19-20H,3-4,7-8,10-17H2,1H3/p+1/t20-/m1/s1. The number of para-hydroxylation sites is 1. The Balaban J connectivity index is 1.37. The molecule has 1 amide bonds. The van der Waals surface area contributed by atoms with Crippen LogP contribution in [-0.4, -0.2) is 75.5 Å². The summed E-state index contributed by atoms with van der Waals surface area (Å²) >= 11 is 0. The Bertz CT molecular complexity index is 827. The first-order valence-electron chi connectivity index (χ1n) is 11.1. The molecule has 7 heteroatoms. The number of hydrogen-bond acceptors (Lipinski definition) is 4. The topological polar surface area (TPSA) is 62.1 Å². The number of carbonyl (C=O) groups is 1. The number of quaternary nitrogens is 1. The lowest BCUT2D eigenvalue weighted by molar-refractivity contribution is -0.892. The van der Waals surface area contributed by atoms with Crippen LogP contribution in [0.5, 0.6) is 0 Å². The van der Waals surface area contributed by atoms with E-state index in [2.05, 4.69) is 36.1 Å². The van der Waals surface area contributed by atoms with E-state index in [1.54, 1.807) is 0 Å². The summed E-state index contributed by atoms with van der Waals surface area (Å²) in [6, 6.07) is 8.61. The molecular weight excluding hydrogens is 386 g/mol. The smallest absolute Gasteiger partial charge is 0.278 e. The summed E-state index contributed by atoms with van der Waals surface area (Å²) in [5.74, 6) is 0.556. The van der Waals surface area contributed by atoms with Crippen molar-refractivity contribution in [2.45, 2.75) is 51.1 Å². The molecular formula is C22H34N3O3S+. The third-order valence-corrected chi connectivity index (χ3v) is 8.69. The maximum absolute atomic E-state index is 13.3. The first-order valence-corrected chi connectivity index (χ1v) is 12.9. The summed E-state index contributed by atoms with van der Waals surface area (Å²) in [6.07, 6.45) is 4.96. The van der Waals surface area contributed by atoms with Crippen LogP contribution in [0.1, 0.15) is 37.7 Å². The van der Waals surface area contributed by atoms with Crippen molar-refractivity contribution in [3.8, 4) is 0 Å². The maximum atomic E-state index is 13.3. The molecule has 1 atom stereocenters. The number of carbonyl (C=O) groups excluding carboxylic acids is 1. The molecule has 29 heavy (non-hydrogen) atoms. The fourth-order valence-corrected chi connectivity index (χ4v) is 7.06. The Hall–Kier alpha value is -1.60. The zero-order chi connectivity index (χ0) is 20.4. The molecule has 3 fully saturated rings. The summed E-state index contributed by atoms with van der Waals surface area (Å²) < 4.78 is 24.0. The number of aryl methyl sites for hydroxylation is 1. The van der Waals surface area contributed by atoms with Crippen molar-refractivity contribution < 1.29 is 18.1 Å². The second kappa shape index (κ2) is 8.64. The van der Waals surface area contributed by atoms with Crippen LogP contribution >= 0.6 is 0 Å². The number of hydrogen-bond donors (Lipinski definition) is 1. The van der Waals surface area contributed by atoms with Gasteiger partial charge in [0.25, 0.3) is 5.91 Å². The lowest BCUT2D eigenvalue weighted by Gasteiger charge is -2.37. The summed E-state index contributed by atoms with van der Waals surface area (Å²) in [7, 11) is -2.99. The van der Waals surface area contributed by atoms with Gasteiger partial charge in [-0.2, -0.15) is 0 Å². The van der Waals surface area contributed by atoms with Crippen molar-refractivity contribution in [2.24, 2.45) is 0 Å². The van der Waals surface area contributed by atoms with Crippen molar-refractivity contribution in [2.75, 3.05) is 49.1 Å². The molecule has 0 bridgehead atoms. The van der Waals surface area contributed by atoms with Gasteiger partial charge in [0.05, 0.1) is 37.7 Å². The van der Waals surface area contributed by atoms with Crippen LogP contribution in [0.15, 0.2) is 24.3 Å². The Morgan fingerprint density at radius 1 is 1.10 bits per heavy atom. The first-order chi connectivity index (χ1) is 13.9. The molecule has 3 aliphatic rings. The molecule has 6 nitrogen and oxygen atoms in total. The second-order valence-electron chi connectivity index (χ2n) is 9.00. The minimum absolute atomic E-state index is 0.108. The molecule has 1 saturated carbocycles. The number of sulfone groups is 1. The molecule has 1 aliphatic carbocycles. The van der Waals surface area contributed by atoms with E-state index in [-0.39, 0.29) is 29.5 Å². The molecule has 0 unspecified atom stereocenters. The number of anilines is 1. The van der Waals surface area contributed by atoms with Crippen LogP contribution < -0.4 is 9.80 Å². The van der Waals surface area contributed by atoms with E-state index in [4.69, 9.17) is 0 Å². The third kappa shape index (κ3) is 4.77. The predicted molar refractivity (Wildman–Crippen MR) is 115 cm³/mol. The number of benzene rings is 1. The molecule has 160 valence electrons. The Morgan fingerprint density at radius 3 is 2.41 bits per heavy atom. The molecule has 0 radical (unpaired) electrons. The SMILES string of the molecule is Cc1ccccc1N1CC[NH+](CC(=O)N(C2CCCC2)[C@@H]2CCS(=O)(=O)C2)CC1. The van der Waals surface area contributed by atoms with E-state index >= 15 is 0 Å². The summed E-state index contributed by atoms with van der Waals surface area (Å²) in [6.45, 7) is 6.44. The van der Waals surface area contributed by atoms with Crippen molar-refractivity contribution in [3.05, 3.63) is 29.8 Å². The highest BCUT2D eigenvalue weighted by atomic mass is 32.2. The average Bonchev–Trinajstić information content (AvgIpc) is 3.33. The van der Waals surface area contributed by atoms with Crippen molar-refractivity contribution in [3.63, 3.8) is 0 Å². The monoisotopic (exact) mass is 420 g/mol. The molecule has 1 N–H and O–H groups in total. The van der Waals surface area contributed by atoms with Gasteiger partial charge in [0.1, 0.15) is 0 Å². The fourth-order valence-electron chi connectivity index (χ4n) is 5.35. The van der Waals surface area contributed by atoms with Crippen LogP contribution in [0, 0.1) is 6.92 Å². The highest BCUT2D eigenvalue weighted by molar-refractivity contribution is 7.91. The Morgan fingerprint density at radius 2 is 1.79 bits per heavy atom. The number of amides is 1. The van der Waals surface area contributed by atoms with Crippen molar-refractivity contribution in [1.82, 2.24) is 4.90 Å². The number of nitrogens with zero attached hydrogens (tertiary/aromatic N) is 2. The van der Waals surface area contributed by atoms with Gasteiger partial charge in [-0.1, -0.05) is 31.0 Å².